The maximum Gasteiger partial charge on any atom is 0.338 e. The van der Waals surface area contributed by atoms with E-state index in [1.54, 1.807) is 30.3 Å². The number of urea groups is 1. The number of hydrogen-bond acceptors (Lipinski definition) is 7. The highest BCUT2D eigenvalue weighted by Crippen LogP contribution is 2.32. The van der Waals surface area contributed by atoms with Crippen molar-refractivity contribution in [1.82, 2.24) is 10.6 Å². The molecule has 0 bridgehead atoms. The number of carbonyl (C=O) groups is 3. The average Bonchev–Trinajstić information content (AvgIpc) is 2.71. The van der Waals surface area contributed by atoms with Gasteiger partial charge in [0.1, 0.15) is 0 Å². The number of methoxy groups -OCH3 is 1. The molecule has 0 aliphatic rings. The zero-order valence-corrected chi connectivity index (χ0v) is 15.0. The van der Waals surface area contributed by atoms with E-state index in [9.17, 15) is 24.5 Å². The van der Waals surface area contributed by atoms with Gasteiger partial charge >= 0.3 is 17.7 Å². The SMILES string of the molecule is CNC(=O)NC(=O)[C@H](Oc1ccc(C(=O)OC)cc1[N+](=O)[O-])c1ccccc1. The normalized spacial score (nSPS) is 11.1. The van der Waals surface area contributed by atoms with Gasteiger partial charge < -0.3 is 14.8 Å². The molecule has 0 saturated carbocycles. The second-order valence-corrected chi connectivity index (χ2v) is 5.41. The van der Waals surface area contributed by atoms with E-state index < -0.39 is 34.6 Å². The summed E-state index contributed by atoms with van der Waals surface area (Å²) in [4.78, 5) is 46.2. The molecule has 2 aromatic carbocycles. The lowest BCUT2D eigenvalue weighted by atomic mass is 10.1. The van der Waals surface area contributed by atoms with Crippen molar-refractivity contribution in [3.63, 3.8) is 0 Å². The molecule has 0 saturated heterocycles. The Bertz CT molecular complexity index is 899. The van der Waals surface area contributed by atoms with Gasteiger partial charge in [-0.15, -0.1) is 0 Å². The first-order chi connectivity index (χ1) is 13.4. The Morgan fingerprint density at radius 3 is 2.36 bits per heavy atom. The van der Waals surface area contributed by atoms with Gasteiger partial charge in [0, 0.05) is 18.7 Å². The number of benzene rings is 2. The summed E-state index contributed by atoms with van der Waals surface area (Å²) in [5, 5.41) is 15.7. The van der Waals surface area contributed by atoms with Crippen LogP contribution < -0.4 is 15.4 Å². The first-order valence-corrected chi connectivity index (χ1v) is 7.98. The number of rotatable bonds is 6. The van der Waals surface area contributed by atoms with E-state index in [0.29, 0.717) is 5.56 Å². The minimum absolute atomic E-state index is 0.0485. The third-order valence-electron chi connectivity index (χ3n) is 3.63. The Morgan fingerprint density at radius 1 is 1.11 bits per heavy atom. The number of imide groups is 1. The predicted molar refractivity (Wildman–Crippen MR) is 96.8 cm³/mol. The smallest absolute Gasteiger partial charge is 0.338 e. The van der Waals surface area contributed by atoms with Crippen molar-refractivity contribution in [3.05, 3.63) is 69.8 Å². The largest absolute Gasteiger partial charge is 0.469 e. The number of carbonyl (C=O) groups excluding carboxylic acids is 3. The molecular formula is C18H17N3O7. The fraction of sp³-hybridized carbons (Fsp3) is 0.167. The van der Waals surface area contributed by atoms with Crippen LogP contribution in [-0.2, 0) is 9.53 Å². The molecule has 0 aliphatic heterocycles. The number of nitrogens with zero attached hydrogens (tertiary/aromatic N) is 1. The standard InChI is InChI=1S/C18H17N3O7/c1-19-18(24)20-16(22)15(11-6-4-3-5-7-11)28-14-9-8-12(17(23)27-2)10-13(14)21(25)26/h3-10,15H,1-2H3,(H2,19,20,22,24)/t15-/m1/s1. The van der Waals surface area contributed by atoms with E-state index in [-0.39, 0.29) is 11.3 Å². The third-order valence-corrected chi connectivity index (χ3v) is 3.63. The van der Waals surface area contributed by atoms with Gasteiger partial charge in [0.25, 0.3) is 5.91 Å². The van der Waals surface area contributed by atoms with Crippen molar-refractivity contribution in [2.45, 2.75) is 6.10 Å². The van der Waals surface area contributed by atoms with Gasteiger partial charge in [-0.3, -0.25) is 20.2 Å². The lowest BCUT2D eigenvalue weighted by Crippen LogP contribution is -2.41. The van der Waals surface area contributed by atoms with Crippen molar-refractivity contribution < 1.29 is 28.8 Å². The van der Waals surface area contributed by atoms with Crippen molar-refractivity contribution in [2.24, 2.45) is 0 Å². The molecule has 28 heavy (non-hydrogen) atoms. The van der Waals surface area contributed by atoms with Crippen LogP contribution in [0.25, 0.3) is 0 Å². The number of amides is 3. The number of ether oxygens (including phenoxy) is 2. The topological polar surface area (TPSA) is 137 Å². The van der Waals surface area contributed by atoms with E-state index >= 15 is 0 Å². The zero-order valence-electron chi connectivity index (χ0n) is 15.0. The fourth-order valence-corrected chi connectivity index (χ4v) is 2.27. The molecule has 3 amide bonds. The molecule has 10 heteroatoms. The first-order valence-electron chi connectivity index (χ1n) is 7.98. The summed E-state index contributed by atoms with van der Waals surface area (Å²) in [5.41, 5.74) is -0.209. The van der Waals surface area contributed by atoms with Crippen LogP contribution in [0.5, 0.6) is 5.75 Å². The van der Waals surface area contributed by atoms with Gasteiger partial charge in [-0.05, 0) is 12.1 Å². The van der Waals surface area contributed by atoms with E-state index in [1.165, 1.54) is 19.2 Å². The first kappa shape index (κ1) is 20.4. The third kappa shape index (κ3) is 4.81. The molecule has 10 nitrogen and oxygen atoms in total. The number of esters is 1. The molecule has 2 aromatic rings. The molecule has 0 fully saturated rings. The Hall–Kier alpha value is -3.95. The number of nitrogens with one attached hydrogen (secondary N) is 2. The summed E-state index contributed by atoms with van der Waals surface area (Å²) in [6.07, 6.45) is -1.35. The highest BCUT2D eigenvalue weighted by atomic mass is 16.6. The van der Waals surface area contributed by atoms with E-state index in [0.717, 1.165) is 13.2 Å². The minimum Gasteiger partial charge on any atom is -0.469 e. The highest BCUT2D eigenvalue weighted by Gasteiger charge is 2.28. The van der Waals surface area contributed by atoms with Crippen LogP contribution in [0.3, 0.4) is 0 Å². The van der Waals surface area contributed by atoms with Gasteiger partial charge in [-0.1, -0.05) is 30.3 Å². The molecule has 0 heterocycles. The molecule has 0 aliphatic carbocycles. The Balaban J connectivity index is 2.43. The summed E-state index contributed by atoms with van der Waals surface area (Å²) in [6, 6.07) is 10.8. The van der Waals surface area contributed by atoms with Gasteiger partial charge in [0.05, 0.1) is 17.6 Å². The van der Waals surface area contributed by atoms with Crippen LogP contribution in [0, 0.1) is 10.1 Å². The number of hydrogen-bond donors (Lipinski definition) is 2. The van der Waals surface area contributed by atoms with E-state index in [2.05, 4.69) is 15.4 Å². The van der Waals surface area contributed by atoms with Crippen LogP contribution in [0.2, 0.25) is 0 Å². The van der Waals surface area contributed by atoms with Crippen LogP contribution in [0.1, 0.15) is 22.0 Å². The molecule has 1 atom stereocenters. The average molecular weight is 387 g/mol. The van der Waals surface area contributed by atoms with Crippen molar-refractivity contribution >= 4 is 23.6 Å². The monoisotopic (exact) mass is 387 g/mol. The summed E-state index contributed by atoms with van der Waals surface area (Å²) in [6.45, 7) is 0. The molecular weight excluding hydrogens is 370 g/mol. The Kier molecular flexibility index (Phi) is 6.63. The van der Waals surface area contributed by atoms with Crippen LogP contribution in [-0.4, -0.2) is 37.0 Å². The predicted octanol–water partition coefficient (Wildman–Crippen LogP) is 1.96. The number of nitro benzene ring substituents is 1. The van der Waals surface area contributed by atoms with E-state index in [4.69, 9.17) is 4.74 Å². The highest BCUT2D eigenvalue weighted by molar-refractivity contribution is 5.97. The molecule has 0 aromatic heterocycles. The van der Waals surface area contributed by atoms with Gasteiger partial charge in [0.2, 0.25) is 6.10 Å². The molecule has 146 valence electrons. The van der Waals surface area contributed by atoms with Crippen LogP contribution >= 0.6 is 0 Å². The Morgan fingerprint density at radius 2 is 1.79 bits per heavy atom. The van der Waals surface area contributed by atoms with Crippen molar-refractivity contribution in [2.75, 3.05) is 14.2 Å². The quantitative estimate of drug-likeness (QED) is 0.439. The van der Waals surface area contributed by atoms with Gasteiger partial charge in [-0.25, -0.2) is 9.59 Å². The number of nitro groups is 1. The maximum atomic E-state index is 12.5. The molecule has 0 spiro atoms. The molecule has 2 rings (SSSR count). The van der Waals surface area contributed by atoms with Crippen LogP contribution in [0.15, 0.2) is 48.5 Å². The zero-order chi connectivity index (χ0) is 20.7. The lowest BCUT2D eigenvalue weighted by Gasteiger charge is -2.18. The lowest BCUT2D eigenvalue weighted by molar-refractivity contribution is -0.386. The summed E-state index contributed by atoms with van der Waals surface area (Å²) in [7, 11) is 2.48. The minimum atomic E-state index is -1.35. The van der Waals surface area contributed by atoms with Crippen molar-refractivity contribution in [3.8, 4) is 5.75 Å². The van der Waals surface area contributed by atoms with Gasteiger partial charge in [0.15, 0.2) is 5.75 Å². The second kappa shape index (κ2) is 9.12. The molecule has 2 N–H and O–H groups in total. The van der Waals surface area contributed by atoms with E-state index in [1.807, 2.05) is 0 Å². The molecule has 0 radical (unpaired) electrons. The maximum absolute atomic E-state index is 12.5. The van der Waals surface area contributed by atoms with Crippen molar-refractivity contribution in [1.29, 1.82) is 0 Å². The summed E-state index contributed by atoms with van der Waals surface area (Å²) < 4.78 is 10.1. The van der Waals surface area contributed by atoms with Crippen LogP contribution in [0.4, 0.5) is 10.5 Å². The molecule has 0 unspecified atom stereocenters. The second-order valence-electron chi connectivity index (χ2n) is 5.41. The summed E-state index contributed by atoms with van der Waals surface area (Å²) in [5.74, 6) is -1.83. The Labute approximate surface area is 159 Å². The van der Waals surface area contributed by atoms with Gasteiger partial charge in [-0.2, -0.15) is 0 Å². The fourth-order valence-electron chi connectivity index (χ4n) is 2.27. The summed E-state index contributed by atoms with van der Waals surface area (Å²) >= 11 is 0.